The monoisotopic (exact) mass is 556 g/mol. The number of carboxylic acids is 1. The summed E-state index contributed by atoms with van der Waals surface area (Å²) in [6.07, 6.45) is 1.63. The number of nitriles is 1. The van der Waals surface area contributed by atoms with Gasteiger partial charge in [0.15, 0.2) is 0 Å². The molecule has 0 spiro atoms. The Balaban J connectivity index is 1.83. The van der Waals surface area contributed by atoms with Gasteiger partial charge in [-0.25, -0.2) is 4.79 Å². The lowest BCUT2D eigenvalue weighted by atomic mass is 10.0. The van der Waals surface area contributed by atoms with Crippen molar-refractivity contribution in [3.05, 3.63) is 102 Å². The minimum absolute atomic E-state index is 0.0915. The highest BCUT2D eigenvalue weighted by Crippen LogP contribution is 2.36. The lowest BCUT2D eigenvalue weighted by Gasteiger charge is -2.12. The van der Waals surface area contributed by atoms with Gasteiger partial charge in [-0.2, -0.15) is 5.26 Å². The Kier molecular flexibility index (Phi) is 7.41. The molecule has 0 bridgehead atoms. The summed E-state index contributed by atoms with van der Waals surface area (Å²) in [5, 5.41) is 29.5. The smallest absolute Gasteiger partial charge is 0.335 e. The second-order valence-corrected chi connectivity index (χ2v) is 8.29. The Morgan fingerprint density at radius 3 is 2.31 bits per heavy atom. The first kappa shape index (κ1) is 23.2. The van der Waals surface area contributed by atoms with Gasteiger partial charge in [-0.1, -0.05) is 24.3 Å². The molecule has 0 aliphatic carbocycles. The van der Waals surface area contributed by atoms with E-state index in [0.717, 1.165) is 5.56 Å². The number of allylic oxidation sites excluding steroid dienone is 1. The van der Waals surface area contributed by atoms with E-state index in [4.69, 9.17) is 9.84 Å². The first-order chi connectivity index (χ1) is 15.3. The summed E-state index contributed by atoms with van der Waals surface area (Å²) in [5.74, 6) is -0.452. The molecule has 0 unspecified atom stereocenters. The fraction of sp³-hybridized carbons (Fsp3) is 0.0435. The number of halogens is 2. The summed E-state index contributed by atoms with van der Waals surface area (Å²) in [6.45, 7) is 0.226. The van der Waals surface area contributed by atoms with Crippen molar-refractivity contribution in [2.45, 2.75) is 6.61 Å². The zero-order valence-corrected chi connectivity index (χ0v) is 19.5. The highest BCUT2D eigenvalue weighted by molar-refractivity contribution is 9.11. The maximum Gasteiger partial charge on any atom is 0.335 e. The van der Waals surface area contributed by atoms with E-state index in [1.54, 1.807) is 36.4 Å². The average Bonchev–Trinajstić information content (AvgIpc) is 2.77. The molecule has 0 aliphatic heterocycles. The third-order valence-corrected chi connectivity index (χ3v) is 5.58. The van der Waals surface area contributed by atoms with E-state index in [9.17, 15) is 20.2 Å². The van der Waals surface area contributed by atoms with Crippen LogP contribution in [0.2, 0.25) is 0 Å². The molecule has 0 aliphatic rings. The van der Waals surface area contributed by atoms with Crippen LogP contribution in [0, 0.1) is 21.4 Å². The Hall–Kier alpha value is -3.48. The molecule has 0 saturated carbocycles. The van der Waals surface area contributed by atoms with Gasteiger partial charge in [0.1, 0.15) is 12.4 Å². The lowest BCUT2D eigenvalue weighted by molar-refractivity contribution is -0.384. The molecular formula is C23H14Br2N2O5. The van der Waals surface area contributed by atoms with Gasteiger partial charge >= 0.3 is 5.97 Å². The van der Waals surface area contributed by atoms with Crippen LogP contribution in [0.5, 0.6) is 5.75 Å². The molecule has 9 heteroatoms. The first-order valence-corrected chi connectivity index (χ1v) is 10.7. The maximum atomic E-state index is 11.0. The second-order valence-electron chi connectivity index (χ2n) is 6.58. The van der Waals surface area contributed by atoms with Crippen LogP contribution in [0.4, 0.5) is 5.69 Å². The number of nitro groups is 1. The van der Waals surface area contributed by atoms with Crippen molar-refractivity contribution in [2.75, 3.05) is 0 Å². The average molecular weight is 558 g/mol. The summed E-state index contributed by atoms with van der Waals surface area (Å²) >= 11 is 6.93. The van der Waals surface area contributed by atoms with Gasteiger partial charge in [0.05, 0.1) is 31.1 Å². The Morgan fingerprint density at radius 2 is 1.75 bits per heavy atom. The summed E-state index contributed by atoms with van der Waals surface area (Å²) in [7, 11) is 0. The van der Waals surface area contributed by atoms with Crippen molar-refractivity contribution in [3.63, 3.8) is 0 Å². The van der Waals surface area contributed by atoms with Crippen LogP contribution < -0.4 is 4.74 Å². The molecule has 3 aromatic rings. The predicted molar refractivity (Wildman–Crippen MR) is 126 cm³/mol. The first-order valence-electron chi connectivity index (χ1n) is 9.09. The number of aromatic carboxylic acids is 1. The summed E-state index contributed by atoms with van der Waals surface area (Å²) < 4.78 is 7.14. The molecule has 1 N–H and O–H groups in total. The molecule has 0 radical (unpaired) electrons. The van der Waals surface area contributed by atoms with Crippen LogP contribution in [-0.2, 0) is 6.61 Å². The van der Waals surface area contributed by atoms with E-state index < -0.39 is 10.9 Å². The van der Waals surface area contributed by atoms with Crippen molar-refractivity contribution >= 4 is 55.2 Å². The van der Waals surface area contributed by atoms with Crippen molar-refractivity contribution in [3.8, 4) is 11.8 Å². The molecule has 0 aromatic heterocycles. The molecule has 0 atom stereocenters. The number of rotatable bonds is 7. The molecule has 160 valence electrons. The third kappa shape index (κ3) is 5.60. The van der Waals surface area contributed by atoms with Gasteiger partial charge in [-0.3, -0.25) is 10.1 Å². The standard InChI is InChI=1S/C23H14Br2N2O5/c24-20-9-15(8-18(12-26)17-2-1-3-19(11-17)27(30)31)10-21(25)22(20)32-13-14-4-6-16(7-5-14)23(28)29/h1-11H,13H2,(H,28,29)/b18-8-. The quantitative estimate of drug-likeness (QED) is 0.154. The number of nitrogens with zero attached hydrogens (tertiary/aromatic N) is 2. The summed E-state index contributed by atoms with van der Waals surface area (Å²) in [6, 6.07) is 17.9. The number of benzene rings is 3. The van der Waals surface area contributed by atoms with Crippen molar-refractivity contribution in [2.24, 2.45) is 0 Å². The molecule has 7 nitrogen and oxygen atoms in total. The Labute approximate surface area is 200 Å². The molecule has 0 fully saturated rings. The number of carbonyl (C=O) groups is 1. The molecule has 3 rings (SSSR count). The van der Waals surface area contributed by atoms with Gasteiger partial charge in [0.2, 0.25) is 0 Å². The van der Waals surface area contributed by atoms with E-state index in [1.165, 1.54) is 30.3 Å². The van der Waals surface area contributed by atoms with Gasteiger partial charge in [-0.05, 0) is 78.9 Å². The third-order valence-electron chi connectivity index (χ3n) is 4.40. The van der Waals surface area contributed by atoms with E-state index in [2.05, 4.69) is 37.9 Å². The predicted octanol–water partition coefficient (Wildman–Crippen LogP) is 6.46. The number of hydrogen-bond donors (Lipinski definition) is 1. The molecule has 3 aromatic carbocycles. The topological polar surface area (TPSA) is 113 Å². The largest absolute Gasteiger partial charge is 0.487 e. The highest BCUT2D eigenvalue weighted by atomic mass is 79.9. The van der Waals surface area contributed by atoms with E-state index >= 15 is 0 Å². The van der Waals surface area contributed by atoms with Gasteiger partial charge < -0.3 is 9.84 Å². The minimum Gasteiger partial charge on any atom is -0.487 e. The van der Waals surface area contributed by atoms with Crippen LogP contribution in [0.3, 0.4) is 0 Å². The van der Waals surface area contributed by atoms with Crippen molar-refractivity contribution in [1.82, 2.24) is 0 Å². The van der Waals surface area contributed by atoms with Gasteiger partial charge in [0, 0.05) is 12.1 Å². The van der Waals surface area contributed by atoms with Crippen LogP contribution in [0.1, 0.15) is 27.0 Å². The van der Waals surface area contributed by atoms with Crippen LogP contribution in [-0.4, -0.2) is 16.0 Å². The maximum absolute atomic E-state index is 11.0. The van der Waals surface area contributed by atoms with Gasteiger partial charge in [-0.15, -0.1) is 0 Å². The fourth-order valence-corrected chi connectivity index (χ4v) is 4.28. The Morgan fingerprint density at radius 1 is 1.09 bits per heavy atom. The summed E-state index contributed by atoms with van der Waals surface area (Å²) in [5.41, 5.74) is 2.31. The van der Waals surface area contributed by atoms with Crippen molar-refractivity contribution in [1.29, 1.82) is 5.26 Å². The zero-order valence-electron chi connectivity index (χ0n) is 16.3. The normalized spacial score (nSPS) is 11.0. The number of ether oxygens (including phenoxy) is 1. The summed E-state index contributed by atoms with van der Waals surface area (Å²) in [4.78, 5) is 21.5. The fourth-order valence-electron chi connectivity index (χ4n) is 2.83. The Bertz CT molecular complexity index is 1240. The minimum atomic E-state index is -0.992. The highest BCUT2D eigenvalue weighted by Gasteiger charge is 2.12. The molecule has 0 heterocycles. The van der Waals surface area contributed by atoms with Crippen molar-refractivity contribution < 1.29 is 19.6 Å². The molecule has 0 saturated heterocycles. The second kappa shape index (κ2) is 10.2. The van der Waals surface area contributed by atoms with E-state index in [0.29, 0.717) is 25.8 Å². The van der Waals surface area contributed by atoms with Crippen LogP contribution >= 0.6 is 31.9 Å². The number of nitro benzene ring substituents is 1. The lowest BCUT2D eigenvalue weighted by Crippen LogP contribution is -2.00. The zero-order chi connectivity index (χ0) is 23.3. The van der Waals surface area contributed by atoms with E-state index in [1.807, 2.05) is 0 Å². The van der Waals surface area contributed by atoms with Crippen LogP contribution in [0.25, 0.3) is 11.6 Å². The number of hydrogen-bond acceptors (Lipinski definition) is 5. The van der Waals surface area contributed by atoms with E-state index in [-0.39, 0.29) is 23.4 Å². The van der Waals surface area contributed by atoms with Crippen LogP contribution in [0.15, 0.2) is 69.6 Å². The number of carboxylic acid groups (broad SMARTS) is 1. The van der Waals surface area contributed by atoms with Gasteiger partial charge in [0.25, 0.3) is 5.69 Å². The molecule has 32 heavy (non-hydrogen) atoms. The number of non-ortho nitro benzene ring substituents is 1. The molecule has 0 amide bonds. The SMILES string of the molecule is N#C/C(=C/c1cc(Br)c(OCc2ccc(C(=O)O)cc2)c(Br)c1)c1cccc([N+](=O)[O-])c1. The molecular weight excluding hydrogens is 544 g/mol.